The molecule has 1 aliphatic rings. The number of hydrogen-bond acceptors (Lipinski definition) is 3. The molecule has 6 heteroatoms. The van der Waals surface area contributed by atoms with Gasteiger partial charge in [0.2, 0.25) is 0 Å². The van der Waals surface area contributed by atoms with Gasteiger partial charge in [0.1, 0.15) is 5.52 Å². The van der Waals surface area contributed by atoms with Gasteiger partial charge in [0.15, 0.2) is 10.4 Å². The fourth-order valence-corrected chi connectivity index (χ4v) is 4.38. The van der Waals surface area contributed by atoms with Crippen molar-refractivity contribution in [2.24, 2.45) is 7.05 Å². The zero-order chi connectivity index (χ0) is 13.4. The lowest BCUT2D eigenvalue weighted by atomic mass is 10.2. The van der Waals surface area contributed by atoms with Gasteiger partial charge < -0.3 is 4.98 Å². The van der Waals surface area contributed by atoms with Crippen LogP contribution in [0.1, 0.15) is 37.9 Å². The van der Waals surface area contributed by atoms with E-state index in [4.69, 9.17) is 12.2 Å². The van der Waals surface area contributed by atoms with Gasteiger partial charge in [-0.05, 0) is 37.2 Å². The minimum atomic E-state index is 0.518. The third-order valence-electron chi connectivity index (χ3n) is 3.76. The van der Waals surface area contributed by atoms with Gasteiger partial charge in [0.25, 0.3) is 0 Å². The van der Waals surface area contributed by atoms with Crippen molar-refractivity contribution in [3.05, 3.63) is 10.5 Å². The number of rotatable bonds is 3. The molecule has 1 N–H and O–H groups in total. The van der Waals surface area contributed by atoms with Gasteiger partial charge in [-0.25, -0.2) is 0 Å². The van der Waals surface area contributed by atoms with Crippen LogP contribution in [-0.4, -0.2) is 30.8 Å². The Bertz CT molecular complexity index is 631. The lowest BCUT2D eigenvalue weighted by Crippen LogP contribution is -2.17. The summed E-state index contributed by atoms with van der Waals surface area (Å²) in [6, 6.07) is 0.518. The van der Waals surface area contributed by atoms with Crippen molar-refractivity contribution in [2.45, 2.75) is 38.6 Å². The summed E-state index contributed by atoms with van der Waals surface area (Å²) in [6.07, 6.45) is 4.62. The molecule has 3 heterocycles. The summed E-state index contributed by atoms with van der Waals surface area (Å²) in [5.41, 5.74) is 3.46. The van der Waals surface area contributed by atoms with Crippen LogP contribution in [0.15, 0.2) is 0 Å². The lowest BCUT2D eigenvalue weighted by molar-refractivity contribution is 0.496. The minimum Gasteiger partial charge on any atom is -0.328 e. The van der Waals surface area contributed by atoms with Gasteiger partial charge in [0, 0.05) is 18.8 Å². The molecular weight excluding hydrogens is 276 g/mol. The Morgan fingerprint density at radius 3 is 3.05 bits per heavy atom. The average molecular weight is 296 g/mol. The number of aromatic amines is 1. The Balaban J connectivity index is 2.13. The Morgan fingerprint density at radius 1 is 1.53 bits per heavy atom. The maximum Gasteiger partial charge on any atom is 0.179 e. The molecule has 0 aromatic carbocycles. The first-order chi connectivity index (χ1) is 9.22. The number of fused-ring (bicyclic) bond motifs is 1. The molecule has 3 rings (SSSR count). The van der Waals surface area contributed by atoms with Crippen LogP contribution in [0, 0.1) is 4.77 Å². The normalized spacial score (nSPS) is 20.2. The van der Waals surface area contributed by atoms with E-state index in [9.17, 15) is 0 Å². The molecule has 0 saturated carbocycles. The summed E-state index contributed by atoms with van der Waals surface area (Å²) < 4.78 is 5.14. The predicted molar refractivity (Wildman–Crippen MR) is 83.5 cm³/mol. The lowest BCUT2D eigenvalue weighted by Gasteiger charge is -2.23. The first-order valence-electron chi connectivity index (χ1n) is 6.96. The molecule has 0 amide bonds. The van der Waals surface area contributed by atoms with E-state index in [0.29, 0.717) is 6.04 Å². The molecule has 1 fully saturated rings. The van der Waals surface area contributed by atoms with Crippen LogP contribution in [0.25, 0.3) is 11.2 Å². The molecule has 2 aromatic rings. The smallest absolute Gasteiger partial charge is 0.179 e. The summed E-state index contributed by atoms with van der Waals surface area (Å²) >= 11 is 7.58. The third-order valence-corrected chi connectivity index (χ3v) is 5.25. The summed E-state index contributed by atoms with van der Waals surface area (Å²) in [5.74, 6) is 2.44. The Hall–Kier alpha value is -0.750. The highest BCUT2D eigenvalue weighted by Crippen LogP contribution is 2.31. The quantitative estimate of drug-likeness (QED) is 0.882. The number of H-pyrrole nitrogens is 1. The van der Waals surface area contributed by atoms with Crippen LogP contribution >= 0.6 is 24.0 Å². The highest BCUT2D eigenvalue weighted by molar-refractivity contribution is 7.99. The minimum absolute atomic E-state index is 0.518. The molecular formula is C13H20N4S2. The Kier molecular flexibility index (Phi) is 3.71. The van der Waals surface area contributed by atoms with E-state index < -0.39 is 0 Å². The monoisotopic (exact) mass is 296 g/mol. The van der Waals surface area contributed by atoms with Gasteiger partial charge in [-0.2, -0.15) is 16.9 Å². The molecule has 1 unspecified atom stereocenters. The molecule has 0 bridgehead atoms. The van der Waals surface area contributed by atoms with Gasteiger partial charge in [-0.3, -0.25) is 9.25 Å². The van der Waals surface area contributed by atoms with Crippen molar-refractivity contribution < 1.29 is 0 Å². The molecule has 1 atom stereocenters. The van der Waals surface area contributed by atoms with Crippen LogP contribution in [0.5, 0.6) is 0 Å². The molecule has 0 spiro atoms. The van der Waals surface area contributed by atoms with E-state index in [1.807, 2.05) is 23.5 Å². The van der Waals surface area contributed by atoms with Gasteiger partial charge >= 0.3 is 0 Å². The number of hydrogen-bond donors (Lipinski definition) is 1. The van der Waals surface area contributed by atoms with E-state index in [1.54, 1.807) is 0 Å². The highest BCUT2D eigenvalue weighted by Gasteiger charge is 2.22. The second-order valence-electron chi connectivity index (χ2n) is 5.19. The molecule has 1 aliphatic heterocycles. The SMILES string of the molecule is CCCc1nn(C)c2c1[nH]c(=S)n2C1CCCSC1. The predicted octanol–water partition coefficient (Wildman–Crippen LogP) is 3.45. The van der Waals surface area contributed by atoms with E-state index in [1.165, 1.54) is 24.2 Å². The Labute approximate surface area is 122 Å². The number of thioether (sulfide) groups is 1. The fraction of sp³-hybridized carbons (Fsp3) is 0.692. The molecule has 104 valence electrons. The second kappa shape index (κ2) is 5.32. The number of aromatic nitrogens is 4. The largest absolute Gasteiger partial charge is 0.328 e. The van der Waals surface area contributed by atoms with E-state index in [0.717, 1.165) is 34.6 Å². The first-order valence-corrected chi connectivity index (χ1v) is 8.52. The zero-order valence-electron chi connectivity index (χ0n) is 11.5. The van der Waals surface area contributed by atoms with Crippen molar-refractivity contribution in [1.82, 2.24) is 19.3 Å². The van der Waals surface area contributed by atoms with Crippen LogP contribution < -0.4 is 0 Å². The maximum atomic E-state index is 5.55. The topological polar surface area (TPSA) is 38.5 Å². The number of imidazole rings is 1. The zero-order valence-corrected chi connectivity index (χ0v) is 13.1. The van der Waals surface area contributed by atoms with E-state index in [2.05, 4.69) is 21.6 Å². The number of aryl methyl sites for hydroxylation is 2. The van der Waals surface area contributed by atoms with Gasteiger partial charge in [-0.15, -0.1) is 0 Å². The van der Waals surface area contributed by atoms with Crippen molar-refractivity contribution in [3.8, 4) is 0 Å². The summed E-state index contributed by atoms with van der Waals surface area (Å²) in [6.45, 7) is 2.18. The van der Waals surface area contributed by atoms with Crippen molar-refractivity contribution in [2.75, 3.05) is 11.5 Å². The molecule has 1 saturated heterocycles. The summed E-state index contributed by atoms with van der Waals surface area (Å²) in [4.78, 5) is 3.38. The first kappa shape index (κ1) is 13.2. The second-order valence-corrected chi connectivity index (χ2v) is 6.73. The standard InChI is InChI=1S/C13H20N4S2/c1-3-5-10-11-12(16(2)15-10)17(13(18)14-11)9-6-4-7-19-8-9/h9H,3-8H2,1-2H3,(H,14,18). The Morgan fingerprint density at radius 2 is 2.37 bits per heavy atom. The molecule has 2 aromatic heterocycles. The van der Waals surface area contributed by atoms with Crippen molar-refractivity contribution in [3.63, 3.8) is 0 Å². The number of nitrogens with zero attached hydrogens (tertiary/aromatic N) is 3. The van der Waals surface area contributed by atoms with E-state index in [-0.39, 0.29) is 0 Å². The molecule has 0 aliphatic carbocycles. The summed E-state index contributed by atoms with van der Waals surface area (Å²) in [5, 5.41) is 4.65. The van der Waals surface area contributed by atoms with Gasteiger partial charge in [-0.1, -0.05) is 13.3 Å². The van der Waals surface area contributed by atoms with E-state index >= 15 is 0 Å². The molecule has 4 nitrogen and oxygen atoms in total. The fourth-order valence-electron chi connectivity index (χ4n) is 2.91. The van der Waals surface area contributed by atoms with Crippen molar-refractivity contribution in [1.29, 1.82) is 0 Å². The van der Waals surface area contributed by atoms with Crippen LogP contribution in [0.3, 0.4) is 0 Å². The van der Waals surface area contributed by atoms with Crippen molar-refractivity contribution >= 4 is 35.1 Å². The highest BCUT2D eigenvalue weighted by atomic mass is 32.2. The van der Waals surface area contributed by atoms with Crippen LogP contribution in [-0.2, 0) is 13.5 Å². The molecule has 0 radical (unpaired) electrons. The average Bonchev–Trinajstić information content (AvgIpc) is 2.89. The van der Waals surface area contributed by atoms with Crippen LogP contribution in [0.4, 0.5) is 0 Å². The van der Waals surface area contributed by atoms with Gasteiger partial charge in [0.05, 0.1) is 5.69 Å². The summed E-state index contributed by atoms with van der Waals surface area (Å²) in [7, 11) is 2.02. The third kappa shape index (κ3) is 2.25. The molecule has 19 heavy (non-hydrogen) atoms. The van der Waals surface area contributed by atoms with Crippen LogP contribution in [0.2, 0.25) is 0 Å². The number of nitrogens with one attached hydrogen (secondary N) is 1. The maximum absolute atomic E-state index is 5.55.